The lowest BCUT2D eigenvalue weighted by Crippen LogP contribution is -2.44. The van der Waals surface area contributed by atoms with E-state index >= 15 is 0 Å². The van der Waals surface area contributed by atoms with Gasteiger partial charge in [0.15, 0.2) is 35.5 Å². The van der Waals surface area contributed by atoms with E-state index in [-0.39, 0.29) is 37.1 Å². The molecule has 0 fully saturated rings. The van der Waals surface area contributed by atoms with Crippen LogP contribution in [0.3, 0.4) is 0 Å². The van der Waals surface area contributed by atoms with Gasteiger partial charge in [0.1, 0.15) is 24.8 Å². The molecule has 0 saturated carbocycles. The summed E-state index contributed by atoms with van der Waals surface area (Å²) in [5.74, 6) is -1.41. The molecule has 2 N–H and O–H groups in total. The van der Waals surface area contributed by atoms with Gasteiger partial charge in [-0.2, -0.15) is 0 Å². The number of ether oxygens (including phenoxy) is 8. The maximum Gasteiger partial charge on any atom is 0.419 e. The Hall–Kier alpha value is -5.28. The first-order valence-corrected chi connectivity index (χ1v) is 19.4. The number of para-hydroxylation sites is 4. The van der Waals surface area contributed by atoms with E-state index in [1.54, 1.807) is 72.8 Å². The molecule has 12 nitrogen and oxygen atoms in total. The number of hydrogen-bond acceptors (Lipinski definition) is 12. The Balaban J connectivity index is 1.40. The van der Waals surface area contributed by atoms with Crippen molar-refractivity contribution in [2.24, 2.45) is 0 Å². The van der Waals surface area contributed by atoms with Crippen molar-refractivity contribution in [2.45, 2.75) is 64.2 Å². The Kier molecular flexibility index (Phi) is 19.7. The van der Waals surface area contributed by atoms with Crippen LogP contribution in [0.4, 0.5) is 8.78 Å². The van der Waals surface area contributed by atoms with E-state index in [1.807, 2.05) is 13.8 Å². The lowest BCUT2D eigenvalue weighted by Gasteiger charge is -2.23. The summed E-state index contributed by atoms with van der Waals surface area (Å²) in [5.41, 5.74) is 1.68. The van der Waals surface area contributed by atoms with Crippen LogP contribution in [0, 0.1) is 11.6 Å². The highest BCUT2D eigenvalue weighted by molar-refractivity contribution is 6.29. The van der Waals surface area contributed by atoms with Crippen molar-refractivity contribution in [1.29, 1.82) is 0 Å². The molecule has 0 aliphatic carbocycles. The molecule has 4 rings (SSSR count). The number of halogens is 2. The molecule has 0 aromatic heterocycles. The molecule has 0 spiro atoms. The number of hydrogen-bond donors (Lipinski definition) is 2. The minimum atomic E-state index is -1.25. The second-order valence-corrected chi connectivity index (χ2v) is 12.9. The number of esters is 2. The molecular weight excluding hydrogens is 754 g/mol. The molecule has 4 aromatic rings. The van der Waals surface area contributed by atoms with Crippen LogP contribution in [0.15, 0.2) is 97.1 Å². The SMILES string of the molecule is CCOC(CCCNC(COc1ccccc1OC)OC(=O)C(=O)OC(COc1ccccc1OC)NCCCC(OCC)c1ccc(F)cc1)c1ccc(F)cc1. The van der Waals surface area contributed by atoms with E-state index in [2.05, 4.69) is 10.6 Å². The van der Waals surface area contributed by atoms with Crippen LogP contribution in [0.2, 0.25) is 0 Å². The lowest BCUT2D eigenvalue weighted by atomic mass is 10.0. The first-order valence-electron chi connectivity index (χ1n) is 19.4. The number of carbonyl (C=O) groups excluding carboxylic acids is 2. The highest BCUT2D eigenvalue weighted by Gasteiger charge is 2.27. The second-order valence-electron chi connectivity index (χ2n) is 12.9. The topological polar surface area (TPSA) is 132 Å². The van der Waals surface area contributed by atoms with E-state index in [0.29, 0.717) is 75.0 Å². The molecule has 0 bridgehead atoms. The molecule has 4 unspecified atom stereocenters. The summed E-state index contributed by atoms with van der Waals surface area (Å²) in [4.78, 5) is 26.6. The Morgan fingerprint density at radius 2 is 0.914 bits per heavy atom. The predicted octanol–water partition coefficient (Wildman–Crippen LogP) is 7.47. The molecule has 0 amide bonds. The molecular formula is C44H54F2N2O10. The van der Waals surface area contributed by atoms with Crippen molar-refractivity contribution < 1.29 is 56.3 Å². The molecule has 14 heteroatoms. The van der Waals surface area contributed by atoms with Crippen molar-refractivity contribution in [3.8, 4) is 23.0 Å². The fourth-order valence-corrected chi connectivity index (χ4v) is 5.98. The fourth-order valence-electron chi connectivity index (χ4n) is 5.98. The van der Waals surface area contributed by atoms with Crippen molar-refractivity contribution in [3.63, 3.8) is 0 Å². The quantitative estimate of drug-likeness (QED) is 0.0282. The largest absolute Gasteiger partial charge is 0.493 e. The first-order chi connectivity index (χ1) is 28.2. The summed E-state index contributed by atoms with van der Waals surface area (Å²) in [6.45, 7) is 5.08. The zero-order valence-corrected chi connectivity index (χ0v) is 33.5. The minimum Gasteiger partial charge on any atom is -0.493 e. The number of carbonyl (C=O) groups is 2. The van der Waals surface area contributed by atoms with E-state index in [0.717, 1.165) is 11.1 Å². The number of nitrogens with one attached hydrogen (secondary N) is 2. The molecule has 4 atom stereocenters. The molecule has 0 aliphatic rings. The van der Waals surface area contributed by atoms with Gasteiger partial charge >= 0.3 is 11.9 Å². The van der Waals surface area contributed by atoms with Crippen LogP contribution >= 0.6 is 0 Å². The van der Waals surface area contributed by atoms with Crippen LogP contribution in [0.1, 0.15) is 62.9 Å². The molecule has 4 aromatic carbocycles. The van der Waals surface area contributed by atoms with Gasteiger partial charge < -0.3 is 37.9 Å². The van der Waals surface area contributed by atoms with Gasteiger partial charge in [-0.25, -0.2) is 18.4 Å². The van der Waals surface area contributed by atoms with Crippen LogP contribution in [-0.2, 0) is 28.5 Å². The predicted molar refractivity (Wildman–Crippen MR) is 213 cm³/mol. The highest BCUT2D eigenvalue weighted by atomic mass is 19.1. The van der Waals surface area contributed by atoms with E-state index < -0.39 is 24.4 Å². The third-order valence-electron chi connectivity index (χ3n) is 8.83. The summed E-state index contributed by atoms with van der Waals surface area (Å²) in [7, 11) is 3.02. The van der Waals surface area contributed by atoms with Gasteiger partial charge in [-0.05, 0) is 112 Å². The number of benzene rings is 4. The molecule has 0 aliphatic heterocycles. The van der Waals surface area contributed by atoms with E-state index in [1.165, 1.54) is 38.5 Å². The lowest BCUT2D eigenvalue weighted by molar-refractivity contribution is -0.177. The van der Waals surface area contributed by atoms with Crippen molar-refractivity contribution in [1.82, 2.24) is 10.6 Å². The summed E-state index contributed by atoms with van der Waals surface area (Å²) in [6, 6.07) is 26.3. The Bertz CT molecular complexity index is 1670. The van der Waals surface area contributed by atoms with Crippen molar-refractivity contribution in [2.75, 3.05) is 53.7 Å². The van der Waals surface area contributed by atoms with Crippen LogP contribution in [-0.4, -0.2) is 78.1 Å². The third kappa shape index (κ3) is 15.2. The van der Waals surface area contributed by atoms with Gasteiger partial charge in [0.2, 0.25) is 0 Å². The molecule has 0 heterocycles. The summed E-state index contributed by atoms with van der Waals surface area (Å²) in [6.07, 6.45) is -0.375. The smallest absolute Gasteiger partial charge is 0.419 e. The standard InChI is InChI=1S/C44H54F2N2O10/c1-5-53-35(31-19-23-33(45)24-20-31)17-11-27-47-41(29-55-39-15-9-7-13-37(39)51-3)57-43(49)44(50)58-42(30-56-40-16-10-8-14-38(40)52-4)48-28-12-18-36(54-6-2)32-21-25-34(46)26-22-32/h7-10,13-16,19-26,35-36,41-42,47-48H,5-6,11-12,17-18,27-30H2,1-4H3. The Morgan fingerprint density at radius 3 is 1.26 bits per heavy atom. The van der Waals surface area contributed by atoms with Crippen LogP contribution in [0.5, 0.6) is 23.0 Å². The normalized spacial score (nSPS) is 13.1. The second kappa shape index (κ2) is 25.2. The van der Waals surface area contributed by atoms with Gasteiger partial charge in [0.25, 0.3) is 0 Å². The molecule has 58 heavy (non-hydrogen) atoms. The zero-order valence-electron chi connectivity index (χ0n) is 33.5. The van der Waals surface area contributed by atoms with Gasteiger partial charge in [-0.3, -0.25) is 10.6 Å². The molecule has 0 radical (unpaired) electrons. The summed E-state index contributed by atoms with van der Waals surface area (Å²) < 4.78 is 72.8. The monoisotopic (exact) mass is 808 g/mol. The number of rotatable bonds is 26. The molecule has 314 valence electrons. The van der Waals surface area contributed by atoms with Gasteiger partial charge in [-0.1, -0.05) is 48.5 Å². The molecule has 0 saturated heterocycles. The maximum absolute atomic E-state index is 13.6. The number of methoxy groups -OCH3 is 2. The highest BCUT2D eigenvalue weighted by Crippen LogP contribution is 2.28. The fraction of sp³-hybridized carbons (Fsp3) is 0.409. The average Bonchev–Trinajstić information content (AvgIpc) is 3.24. The zero-order chi connectivity index (χ0) is 41.5. The van der Waals surface area contributed by atoms with Crippen molar-refractivity contribution >= 4 is 11.9 Å². The first kappa shape index (κ1) is 45.4. The third-order valence-corrected chi connectivity index (χ3v) is 8.83. The maximum atomic E-state index is 13.6. The van der Waals surface area contributed by atoms with E-state index in [4.69, 9.17) is 37.9 Å². The van der Waals surface area contributed by atoms with Gasteiger partial charge in [-0.15, -0.1) is 0 Å². The van der Waals surface area contributed by atoms with E-state index in [9.17, 15) is 18.4 Å². The minimum absolute atomic E-state index is 0.167. The summed E-state index contributed by atoms with van der Waals surface area (Å²) in [5, 5.41) is 6.29. The average molecular weight is 809 g/mol. The van der Waals surface area contributed by atoms with Crippen LogP contribution in [0.25, 0.3) is 0 Å². The van der Waals surface area contributed by atoms with Gasteiger partial charge in [0, 0.05) is 13.2 Å². The van der Waals surface area contributed by atoms with Crippen LogP contribution < -0.4 is 29.6 Å². The van der Waals surface area contributed by atoms with Gasteiger partial charge in [0.05, 0.1) is 26.4 Å². The van der Waals surface area contributed by atoms with Crippen molar-refractivity contribution in [3.05, 3.63) is 120 Å². The Morgan fingerprint density at radius 1 is 0.552 bits per heavy atom. The summed E-state index contributed by atoms with van der Waals surface area (Å²) >= 11 is 0. The Labute approximate surface area is 339 Å².